The maximum Gasteiger partial charge on any atom is 0.225 e. The zero-order valence-corrected chi connectivity index (χ0v) is 16.6. The zero-order chi connectivity index (χ0) is 18.0. The van der Waals surface area contributed by atoms with Gasteiger partial charge in [0.25, 0.3) is 0 Å². The molecule has 1 amide bonds. The van der Waals surface area contributed by atoms with Crippen LogP contribution in [-0.2, 0) is 17.6 Å². The van der Waals surface area contributed by atoms with Gasteiger partial charge in [0.1, 0.15) is 11.1 Å². The SMILES string of the molecule is CC(C)(C)C1CCc2c(sc(NC(=O)CCC3CCCC3)c2C#N)C1. The van der Waals surface area contributed by atoms with Crippen LogP contribution in [0.15, 0.2) is 0 Å². The van der Waals surface area contributed by atoms with E-state index in [-0.39, 0.29) is 5.91 Å². The van der Waals surface area contributed by atoms with Crippen LogP contribution in [-0.4, -0.2) is 5.91 Å². The van der Waals surface area contributed by atoms with Crippen LogP contribution in [0, 0.1) is 28.6 Å². The second-order valence-electron chi connectivity index (χ2n) is 8.86. The number of nitriles is 1. The molecule has 3 nitrogen and oxygen atoms in total. The molecule has 0 saturated heterocycles. The molecule has 0 aromatic carbocycles. The van der Waals surface area contributed by atoms with E-state index in [0.717, 1.165) is 42.2 Å². The van der Waals surface area contributed by atoms with Crippen molar-refractivity contribution in [2.45, 2.75) is 78.6 Å². The second-order valence-corrected chi connectivity index (χ2v) is 9.97. The van der Waals surface area contributed by atoms with E-state index < -0.39 is 0 Å². The summed E-state index contributed by atoms with van der Waals surface area (Å²) in [5.41, 5.74) is 2.21. The first-order valence-electron chi connectivity index (χ1n) is 9.73. The summed E-state index contributed by atoms with van der Waals surface area (Å²) in [5.74, 6) is 1.45. The van der Waals surface area contributed by atoms with E-state index in [2.05, 4.69) is 32.2 Å². The third-order valence-electron chi connectivity index (χ3n) is 6.11. The molecule has 0 bridgehead atoms. The molecule has 2 aliphatic rings. The summed E-state index contributed by atoms with van der Waals surface area (Å²) in [6, 6.07) is 2.36. The maximum absolute atomic E-state index is 12.4. The molecule has 4 heteroatoms. The van der Waals surface area contributed by atoms with Crippen LogP contribution in [0.25, 0.3) is 0 Å². The van der Waals surface area contributed by atoms with Gasteiger partial charge in [0.2, 0.25) is 5.91 Å². The predicted octanol–water partition coefficient (Wildman–Crippen LogP) is 5.68. The third-order valence-corrected chi connectivity index (χ3v) is 7.28. The topological polar surface area (TPSA) is 52.9 Å². The first-order chi connectivity index (χ1) is 11.9. The summed E-state index contributed by atoms with van der Waals surface area (Å²) in [5, 5.41) is 13.5. The lowest BCUT2D eigenvalue weighted by Crippen LogP contribution is -2.26. The Kier molecular flexibility index (Phi) is 5.53. The summed E-state index contributed by atoms with van der Waals surface area (Å²) < 4.78 is 0. The Hall–Kier alpha value is -1.34. The van der Waals surface area contributed by atoms with Gasteiger partial charge < -0.3 is 5.32 Å². The minimum absolute atomic E-state index is 0.0781. The van der Waals surface area contributed by atoms with Crippen LogP contribution in [0.1, 0.15) is 81.7 Å². The van der Waals surface area contributed by atoms with Crippen molar-refractivity contribution in [2.24, 2.45) is 17.3 Å². The summed E-state index contributed by atoms with van der Waals surface area (Å²) in [7, 11) is 0. The minimum Gasteiger partial charge on any atom is -0.317 e. The van der Waals surface area contributed by atoms with Gasteiger partial charge in [-0.2, -0.15) is 5.26 Å². The third kappa shape index (κ3) is 4.26. The average Bonchev–Trinajstić information content (AvgIpc) is 3.18. The van der Waals surface area contributed by atoms with Gasteiger partial charge in [-0.1, -0.05) is 46.5 Å². The van der Waals surface area contributed by atoms with Gasteiger partial charge in [-0.3, -0.25) is 4.79 Å². The number of fused-ring (bicyclic) bond motifs is 1. The fourth-order valence-corrected chi connectivity index (χ4v) is 5.65. The molecule has 0 spiro atoms. The molecule has 1 fully saturated rings. The fraction of sp³-hybridized carbons (Fsp3) is 0.714. The molecule has 1 aromatic heterocycles. The van der Waals surface area contributed by atoms with Crippen molar-refractivity contribution in [3.63, 3.8) is 0 Å². The highest BCUT2D eigenvalue weighted by Crippen LogP contribution is 2.44. The molecule has 2 aliphatic carbocycles. The average molecular weight is 359 g/mol. The lowest BCUT2D eigenvalue weighted by atomic mass is 9.72. The molecular weight excluding hydrogens is 328 g/mol. The van der Waals surface area contributed by atoms with Crippen LogP contribution < -0.4 is 5.32 Å². The highest BCUT2D eigenvalue weighted by molar-refractivity contribution is 7.16. The first kappa shape index (κ1) is 18.5. The summed E-state index contributed by atoms with van der Waals surface area (Å²) in [6.07, 6.45) is 9.90. The van der Waals surface area contributed by atoms with Crippen molar-refractivity contribution in [3.8, 4) is 6.07 Å². The molecule has 1 heterocycles. The maximum atomic E-state index is 12.4. The fourth-order valence-electron chi connectivity index (χ4n) is 4.35. The highest BCUT2D eigenvalue weighted by Gasteiger charge is 2.32. The Labute approximate surface area is 155 Å². The molecule has 0 radical (unpaired) electrons. The number of carbonyl (C=O) groups is 1. The molecule has 0 aliphatic heterocycles. The van der Waals surface area contributed by atoms with E-state index in [4.69, 9.17) is 0 Å². The Morgan fingerprint density at radius 3 is 2.64 bits per heavy atom. The number of hydrogen-bond acceptors (Lipinski definition) is 3. The second kappa shape index (κ2) is 7.50. The molecule has 136 valence electrons. The number of nitrogens with zero attached hydrogens (tertiary/aromatic N) is 1. The van der Waals surface area contributed by atoms with Crippen molar-refractivity contribution in [3.05, 3.63) is 16.0 Å². The van der Waals surface area contributed by atoms with Crippen LogP contribution in [0.5, 0.6) is 0 Å². The number of anilines is 1. The minimum atomic E-state index is 0.0781. The van der Waals surface area contributed by atoms with E-state index in [1.165, 1.54) is 36.1 Å². The van der Waals surface area contributed by atoms with Gasteiger partial charge in [0, 0.05) is 11.3 Å². The van der Waals surface area contributed by atoms with Crippen molar-refractivity contribution in [1.29, 1.82) is 5.26 Å². The van der Waals surface area contributed by atoms with E-state index in [1.807, 2.05) is 0 Å². The van der Waals surface area contributed by atoms with Gasteiger partial charge in [0.15, 0.2) is 0 Å². The summed E-state index contributed by atoms with van der Waals surface area (Å²) in [6.45, 7) is 6.90. The smallest absolute Gasteiger partial charge is 0.225 e. The zero-order valence-electron chi connectivity index (χ0n) is 15.8. The molecule has 3 rings (SSSR count). The normalized spacial score (nSPS) is 21.0. The Bertz CT molecular complexity index is 671. The largest absolute Gasteiger partial charge is 0.317 e. The standard InChI is InChI=1S/C21H30N2OS/c1-21(2,3)15-9-10-16-17(13-22)20(25-18(16)12-15)23-19(24)11-8-14-6-4-5-7-14/h14-15H,4-12H2,1-3H3,(H,23,24). The van der Waals surface area contributed by atoms with Crippen molar-refractivity contribution < 1.29 is 4.79 Å². The molecule has 1 aromatic rings. The van der Waals surface area contributed by atoms with Crippen molar-refractivity contribution in [1.82, 2.24) is 0 Å². The Morgan fingerprint density at radius 1 is 1.28 bits per heavy atom. The number of carbonyl (C=O) groups excluding carboxylic acids is 1. The lowest BCUT2D eigenvalue weighted by molar-refractivity contribution is -0.116. The van der Waals surface area contributed by atoms with Crippen molar-refractivity contribution >= 4 is 22.2 Å². The summed E-state index contributed by atoms with van der Waals surface area (Å²) in [4.78, 5) is 13.7. The van der Waals surface area contributed by atoms with Crippen LogP contribution in [0.2, 0.25) is 0 Å². The van der Waals surface area contributed by atoms with E-state index in [1.54, 1.807) is 11.3 Å². The van der Waals surface area contributed by atoms with Gasteiger partial charge in [-0.25, -0.2) is 0 Å². The Balaban J connectivity index is 1.67. The van der Waals surface area contributed by atoms with Gasteiger partial charge >= 0.3 is 0 Å². The number of rotatable bonds is 4. The predicted molar refractivity (Wildman–Crippen MR) is 104 cm³/mol. The van der Waals surface area contributed by atoms with E-state index in [9.17, 15) is 10.1 Å². The molecule has 25 heavy (non-hydrogen) atoms. The number of amides is 1. The lowest BCUT2D eigenvalue weighted by Gasteiger charge is -2.33. The van der Waals surface area contributed by atoms with Crippen LogP contribution in [0.3, 0.4) is 0 Å². The van der Waals surface area contributed by atoms with Gasteiger partial charge in [-0.15, -0.1) is 11.3 Å². The van der Waals surface area contributed by atoms with E-state index in [0.29, 0.717) is 17.8 Å². The van der Waals surface area contributed by atoms with Gasteiger partial charge in [-0.05, 0) is 48.5 Å². The summed E-state index contributed by atoms with van der Waals surface area (Å²) >= 11 is 1.64. The monoisotopic (exact) mass is 358 g/mol. The number of nitrogens with one attached hydrogen (secondary N) is 1. The van der Waals surface area contributed by atoms with Crippen molar-refractivity contribution in [2.75, 3.05) is 5.32 Å². The molecule has 1 N–H and O–H groups in total. The number of hydrogen-bond donors (Lipinski definition) is 1. The Morgan fingerprint density at radius 2 is 2.00 bits per heavy atom. The molecule has 1 unspecified atom stereocenters. The molecule has 1 atom stereocenters. The molecular formula is C21H30N2OS. The molecule has 1 saturated carbocycles. The van der Waals surface area contributed by atoms with Crippen LogP contribution in [0.4, 0.5) is 5.00 Å². The first-order valence-corrected chi connectivity index (χ1v) is 10.5. The van der Waals surface area contributed by atoms with E-state index >= 15 is 0 Å². The number of thiophene rings is 1. The van der Waals surface area contributed by atoms with Gasteiger partial charge in [0.05, 0.1) is 5.56 Å². The van der Waals surface area contributed by atoms with Crippen LogP contribution >= 0.6 is 11.3 Å². The highest BCUT2D eigenvalue weighted by atomic mass is 32.1. The quantitative estimate of drug-likeness (QED) is 0.753.